The summed E-state index contributed by atoms with van der Waals surface area (Å²) in [5.74, 6) is -0.689. The van der Waals surface area contributed by atoms with E-state index in [2.05, 4.69) is 26.0 Å². The van der Waals surface area contributed by atoms with E-state index in [4.69, 9.17) is 0 Å². The van der Waals surface area contributed by atoms with Crippen LogP contribution in [0.1, 0.15) is 28.4 Å². The molecule has 27 heavy (non-hydrogen) atoms. The number of imide groups is 1. The van der Waals surface area contributed by atoms with E-state index in [0.717, 1.165) is 10.0 Å². The summed E-state index contributed by atoms with van der Waals surface area (Å²) in [6.07, 6.45) is 0.493. The molecule has 0 saturated carbocycles. The topological polar surface area (TPSA) is 75.7 Å². The number of benzene rings is 2. The highest BCUT2D eigenvalue weighted by molar-refractivity contribution is 9.10. The summed E-state index contributed by atoms with van der Waals surface area (Å²) in [4.78, 5) is 38.1. The normalized spacial score (nSPS) is 19.1. The van der Waals surface area contributed by atoms with Gasteiger partial charge >= 0.3 is 12.0 Å². The lowest BCUT2D eigenvalue weighted by Gasteiger charge is -2.23. The molecule has 140 valence electrons. The zero-order valence-corrected chi connectivity index (χ0v) is 16.6. The molecule has 1 atom stereocenters. The summed E-state index contributed by atoms with van der Waals surface area (Å²) in [6.45, 7) is 1.96. The molecule has 1 aliphatic rings. The maximum atomic E-state index is 13.0. The number of urea groups is 1. The molecule has 1 fully saturated rings. The van der Waals surface area contributed by atoms with E-state index < -0.39 is 17.5 Å². The molecule has 0 spiro atoms. The summed E-state index contributed by atoms with van der Waals surface area (Å²) in [6, 6.07) is 13.8. The molecule has 0 radical (unpaired) electrons. The first kappa shape index (κ1) is 19.1. The molecule has 0 aliphatic carbocycles. The van der Waals surface area contributed by atoms with Gasteiger partial charge in [0.1, 0.15) is 5.54 Å². The highest BCUT2D eigenvalue weighted by Crippen LogP contribution is 2.33. The van der Waals surface area contributed by atoms with Gasteiger partial charge in [0.25, 0.3) is 5.91 Å². The van der Waals surface area contributed by atoms with Crippen LogP contribution >= 0.6 is 15.9 Å². The minimum absolute atomic E-state index is 0.252. The third-order valence-corrected chi connectivity index (χ3v) is 5.38. The molecule has 7 heteroatoms. The van der Waals surface area contributed by atoms with Crippen LogP contribution in [-0.2, 0) is 21.5 Å². The molecule has 0 aromatic heterocycles. The van der Waals surface area contributed by atoms with Crippen molar-refractivity contribution in [1.82, 2.24) is 10.2 Å². The van der Waals surface area contributed by atoms with Crippen LogP contribution in [0, 0.1) is 0 Å². The van der Waals surface area contributed by atoms with Crippen LogP contribution < -0.4 is 5.32 Å². The van der Waals surface area contributed by atoms with E-state index in [-0.39, 0.29) is 12.5 Å². The van der Waals surface area contributed by atoms with Gasteiger partial charge in [0, 0.05) is 16.6 Å². The van der Waals surface area contributed by atoms with Crippen molar-refractivity contribution in [2.45, 2.75) is 18.9 Å². The van der Waals surface area contributed by atoms with E-state index in [1.54, 1.807) is 31.2 Å². The first-order chi connectivity index (χ1) is 12.9. The maximum absolute atomic E-state index is 13.0. The molecule has 1 N–H and O–H groups in total. The molecule has 2 aromatic rings. The van der Waals surface area contributed by atoms with Crippen molar-refractivity contribution in [2.24, 2.45) is 0 Å². The number of amides is 3. The summed E-state index contributed by atoms with van der Waals surface area (Å²) in [7, 11) is 1.33. The Morgan fingerprint density at radius 3 is 2.44 bits per heavy atom. The Labute approximate surface area is 165 Å². The van der Waals surface area contributed by atoms with Gasteiger partial charge in [0.2, 0.25) is 0 Å². The Balaban J connectivity index is 1.73. The van der Waals surface area contributed by atoms with Crippen molar-refractivity contribution in [1.29, 1.82) is 0 Å². The number of hydrogen-bond donors (Lipinski definition) is 1. The zero-order valence-electron chi connectivity index (χ0n) is 15.0. The summed E-state index contributed by atoms with van der Waals surface area (Å²) in [5, 5.41) is 2.80. The largest absolute Gasteiger partial charge is 0.465 e. The van der Waals surface area contributed by atoms with Crippen LogP contribution in [0.15, 0.2) is 53.0 Å². The number of nitrogens with one attached hydrogen (secondary N) is 1. The quantitative estimate of drug-likeness (QED) is 0.583. The molecule has 6 nitrogen and oxygen atoms in total. The van der Waals surface area contributed by atoms with Crippen LogP contribution in [0.4, 0.5) is 4.79 Å². The third kappa shape index (κ3) is 3.60. The minimum atomic E-state index is -1.11. The van der Waals surface area contributed by atoms with Crippen LogP contribution in [0.5, 0.6) is 0 Å². The fourth-order valence-corrected chi connectivity index (χ4v) is 3.80. The van der Waals surface area contributed by atoms with Crippen LogP contribution in [-0.4, -0.2) is 36.5 Å². The number of nitrogens with zero attached hydrogens (tertiary/aromatic N) is 1. The van der Waals surface area contributed by atoms with Gasteiger partial charge in [0.05, 0.1) is 12.7 Å². The van der Waals surface area contributed by atoms with E-state index in [0.29, 0.717) is 17.5 Å². The molecule has 1 saturated heterocycles. The first-order valence-corrected chi connectivity index (χ1v) is 9.22. The van der Waals surface area contributed by atoms with Gasteiger partial charge < -0.3 is 10.1 Å². The maximum Gasteiger partial charge on any atom is 0.337 e. The van der Waals surface area contributed by atoms with Crippen molar-refractivity contribution in [3.8, 4) is 0 Å². The third-order valence-electron chi connectivity index (χ3n) is 4.69. The lowest BCUT2D eigenvalue weighted by molar-refractivity contribution is -0.131. The average molecular weight is 431 g/mol. The Hall–Kier alpha value is -2.67. The molecule has 3 rings (SSSR count). The molecule has 0 bridgehead atoms. The number of ether oxygens (including phenoxy) is 1. The van der Waals surface area contributed by atoms with Gasteiger partial charge in [-0.2, -0.15) is 0 Å². The number of hydrogen-bond acceptors (Lipinski definition) is 4. The molecule has 1 unspecified atom stereocenters. The zero-order chi connectivity index (χ0) is 19.6. The number of carbonyl (C=O) groups is 3. The van der Waals surface area contributed by atoms with Crippen molar-refractivity contribution in [3.63, 3.8) is 0 Å². The fourth-order valence-electron chi connectivity index (χ4n) is 3.12. The van der Waals surface area contributed by atoms with Crippen LogP contribution in [0.25, 0.3) is 0 Å². The number of rotatable bonds is 5. The Morgan fingerprint density at radius 2 is 1.81 bits per heavy atom. The van der Waals surface area contributed by atoms with Gasteiger partial charge in [-0.25, -0.2) is 9.59 Å². The summed E-state index contributed by atoms with van der Waals surface area (Å²) in [5.41, 5.74) is 0.982. The van der Waals surface area contributed by atoms with Gasteiger partial charge in [0.15, 0.2) is 0 Å². The van der Waals surface area contributed by atoms with E-state index >= 15 is 0 Å². The SMILES string of the molecule is COC(=O)c1ccc(CCN2C(=O)NC(C)(c3ccccc3Br)C2=O)cc1. The predicted octanol–water partition coefficient (Wildman–Crippen LogP) is 3.25. The van der Waals surface area contributed by atoms with E-state index in [9.17, 15) is 14.4 Å². The van der Waals surface area contributed by atoms with Gasteiger partial charge in [-0.05, 0) is 37.1 Å². The second-order valence-corrected chi connectivity index (χ2v) is 7.28. The minimum Gasteiger partial charge on any atom is -0.465 e. The van der Waals surface area contributed by atoms with E-state index in [1.807, 2.05) is 24.3 Å². The lowest BCUT2D eigenvalue weighted by Crippen LogP contribution is -2.41. The predicted molar refractivity (Wildman–Crippen MR) is 103 cm³/mol. The monoisotopic (exact) mass is 430 g/mol. The van der Waals surface area contributed by atoms with Gasteiger partial charge in [-0.1, -0.05) is 46.3 Å². The number of halogens is 1. The van der Waals surface area contributed by atoms with Crippen molar-refractivity contribution in [3.05, 3.63) is 69.7 Å². The molecule has 1 heterocycles. The highest BCUT2D eigenvalue weighted by atomic mass is 79.9. The second-order valence-electron chi connectivity index (χ2n) is 6.43. The number of methoxy groups -OCH3 is 1. The van der Waals surface area contributed by atoms with Crippen molar-refractivity contribution < 1.29 is 19.1 Å². The Morgan fingerprint density at radius 1 is 1.15 bits per heavy atom. The van der Waals surface area contributed by atoms with E-state index in [1.165, 1.54) is 12.0 Å². The van der Waals surface area contributed by atoms with Gasteiger partial charge in [-0.3, -0.25) is 9.69 Å². The molecular weight excluding hydrogens is 412 g/mol. The Bertz CT molecular complexity index is 897. The summed E-state index contributed by atoms with van der Waals surface area (Å²) >= 11 is 3.45. The smallest absolute Gasteiger partial charge is 0.337 e. The number of carbonyl (C=O) groups excluding carboxylic acids is 3. The standard InChI is InChI=1S/C20H19BrN2O4/c1-20(15-5-3-4-6-16(15)21)18(25)23(19(26)22-20)12-11-13-7-9-14(10-8-13)17(24)27-2/h3-10H,11-12H2,1-2H3,(H,22,26). The molecule has 2 aromatic carbocycles. The molecule has 3 amide bonds. The van der Waals surface area contributed by atoms with Crippen LogP contribution in [0.3, 0.4) is 0 Å². The second kappa shape index (κ2) is 7.52. The first-order valence-electron chi connectivity index (χ1n) is 8.43. The van der Waals surface area contributed by atoms with Crippen molar-refractivity contribution in [2.75, 3.05) is 13.7 Å². The Kier molecular flexibility index (Phi) is 5.32. The number of esters is 1. The summed E-state index contributed by atoms with van der Waals surface area (Å²) < 4.78 is 5.44. The van der Waals surface area contributed by atoms with Crippen LogP contribution in [0.2, 0.25) is 0 Å². The van der Waals surface area contributed by atoms with Crippen molar-refractivity contribution >= 4 is 33.8 Å². The fraction of sp³-hybridized carbons (Fsp3) is 0.250. The average Bonchev–Trinajstić information content (AvgIpc) is 2.89. The molecular formula is C20H19BrN2O4. The highest BCUT2D eigenvalue weighted by Gasteiger charge is 2.49. The lowest BCUT2D eigenvalue weighted by atomic mass is 9.92. The van der Waals surface area contributed by atoms with Gasteiger partial charge in [-0.15, -0.1) is 0 Å². The molecule has 1 aliphatic heterocycles.